The second-order valence-corrected chi connectivity index (χ2v) is 10.9. The van der Waals surface area contributed by atoms with Crippen LogP contribution in [-0.2, 0) is 9.53 Å². The van der Waals surface area contributed by atoms with E-state index in [-0.39, 0.29) is 48.4 Å². The van der Waals surface area contributed by atoms with E-state index in [0.29, 0.717) is 23.0 Å². The SMILES string of the molecule is N#Cc1cc(-c2ncnc(Nc3ccc(N4CCN(C5COC5)CC4)c(F)c3)n2)ccc1OC1CCN(C(=O)CO)CC1F. The van der Waals surface area contributed by atoms with Crippen molar-refractivity contribution >= 4 is 23.2 Å². The largest absolute Gasteiger partial charge is 0.486 e. The number of alkyl halides is 1. The van der Waals surface area contributed by atoms with Gasteiger partial charge in [0.25, 0.3) is 0 Å². The number of amides is 1. The highest BCUT2D eigenvalue weighted by molar-refractivity contribution is 5.77. The predicted octanol–water partition coefficient (Wildman–Crippen LogP) is 2.12. The summed E-state index contributed by atoms with van der Waals surface area (Å²) in [6.07, 6.45) is -0.786. The highest BCUT2D eigenvalue weighted by Gasteiger charge is 2.33. The second-order valence-electron chi connectivity index (χ2n) is 10.9. The predicted molar refractivity (Wildman–Crippen MR) is 156 cm³/mol. The summed E-state index contributed by atoms with van der Waals surface area (Å²) in [6.45, 7) is 4.13. The summed E-state index contributed by atoms with van der Waals surface area (Å²) in [6, 6.07) is 12.2. The summed E-state index contributed by atoms with van der Waals surface area (Å²) in [7, 11) is 0. The normalized spacial score (nSPS) is 21.0. The van der Waals surface area contributed by atoms with Crippen LogP contribution in [0.15, 0.2) is 42.7 Å². The van der Waals surface area contributed by atoms with Crippen molar-refractivity contribution in [3.63, 3.8) is 0 Å². The molecule has 6 rings (SSSR count). The smallest absolute Gasteiger partial charge is 0.248 e. The number of carbonyl (C=O) groups excluding carboxylic acids is 1. The molecule has 1 amide bonds. The maximum Gasteiger partial charge on any atom is 0.248 e. The van der Waals surface area contributed by atoms with E-state index >= 15 is 4.39 Å². The maximum absolute atomic E-state index is 15.1. The van der Waals surface area contributed by atoms with Crippen molar-refractivity contribution in [2.24, 2.45) is 0 Å². The van der Waals surface area contributed by atoms with E-state index in [1.54, 1.807) is 24.3 Å². The number of nitrogens with zero attached hydrogens (tertiary/aromatic N) is 7. The molecule has 3 aliphatic rings. The molecule has 230 valence electrons. The zero-order chi connectivity index (χ0) is 30.6. The molecule has 3 fully saturated rings. The molecule has 2 N–H and O–H groups in total. The highest BCUT2D eigenvalue weighted by atomic mass is 19.1. The molecule has 12 nitrogen and oxygen atoms in total. The number of hydrogen-bond acceptors (Lipinski definition) is 11. The molecule has 0 spiro atoms. The standard InChI is InChI=1S/C30H32F2N8O4/c31-23-12-21(2-3-25(23)39-9-7-38(8-10-39)22-16-43-17-22)36-30-35-18-34-29(37-30)19-1-4-26(20(11-19)13-33)44-27-5-6-40(14-24(27)32)28(42)15-41/h1-4,11-12,18,22,24,27,41H,5-10,14-17H2,(H,34,35,36,37). The minimum absolute atomic E-state index is 0.165. The molecule has 0 saturated carbocycles. The molecule has 44 heavy (non-hydrogen) atoms. The highest BCUT2D eigenvalue weighted by Crippen LogP contribution is 2.29. The third-order valence-electron chi connectivity index (χ3n) is 8.17. The number of aliphatic hydroxyl groups excluding tert-OH is 1. The molecule has 0 bridgehead atoms. The Bertz CT molecular complexity index is 1540. The number of anilines is 3. The lowest BCUT2D eigenvalue weighted by atomic mass is 10.0. The fourth-order valence-corrected chi connectivity index (χ4v) is 5.59. The average molecular weight is 607 g/mol. The summed E-state index contributed by atoms with van der Waals surface area (Å²) in [5.41, 5.74) is 1.69. The van der Waals surface area contributed by atoms with Gasteiger partial charge in [-0.15, -0.1) is 0 Å². The van der Waals surface area contributed by atoms with E-state index < -0.39 is 24.8 Å². The third kappa shape index (κ3) is 6.40. The van der Waals surface area contributed by atoms with Crippen LogP contribution in [0, 0.1) is 17.1 Å². The van der Waals surface area contributed by atoms with Gasteiger partial charge in [-0.2, -0.15) is 10.2 Å². The Morgan fingerprint density at radius 1 is 1.14 bits per heavy atom. The number of likely N-dealkylation sites (tertiary alicyclic amines) is 1. The molecule has 0 radical (unpaired) electrons. The lowest BCUT2D eigenvalue weighted by Gasteiger charge is -2.43. The zero-order valence-corrected chi connectivity index (χ0v) is 23.9. The summed E-state index contributed by atoms with van der Waals surface area (Å²) in [4.78, 5) is 30.2. The van der Waals surface area contributed by atoms with Crippen molar-refractivity contribution in [1.29, 1.82) is 5.26 Å². The minimum atomic E-state index is -1.47. The number of piperazine rings is 1. The fraction of sp³-hybridized carbons (Fsp3) is 0.433. The van der Waals surface area contributed by atoms with Crippen molar-refractivity contribution in [2.75, 3.05) is 69.3 Å². The Kier molecular flexibility index (Phi) is 8.78. The summed E-state index contributed by atoms with van der Waals surface area (Å²) < 4.78 is 41.0. The van der Waals surface area contributed by atoms with E-state index in [1.165, 1.54) is 23.4 Å². The number of aromatic nitrogens is 3. The number of nitrogens with one attached hydrogen (secondary N) is 1. The summed E-state index contributed by atoms with van der Waals surface area (Å²) >= 11 is 0. The van der Waals surface area contributed by atoms with Crippen molar-refractivity contribution in [3.8, 4) is 23.2 Å². The van der Waals surface area contributed by atoms with Crippen LogP contribution >= 0.6 is 0 Å². The number of nitriles is 1. The van der Waals surface area contributed by atoms with E-state index in [4.69, 9.17) is 14.6 Å². The van der Waals surface area contributed by atoms with Crippen LogP contribution in [0.1, 0.15) is 12.0 Å². The van der Waals surface area contributed by atoms with Crippen LogP contribution in [0.25, 0.3) is 11.4 Å². The van der Waals surface area contributed by atoms with Crippen molar-refractivity contribution in [2.45, 2.75) is 24.7 Å². The Morgan fingerprint density at radius 2 is 1.95 bits per heavy atom. The molecule has 2 aromatic carbocycles. The quantitative estimate of drug-likeness (QED) is 0.390. The molecule has 4 heterocycles. The molecule has 2 atom stereocenters. The van der Waals surface area contributed by atoms with Crippen LogP contribution in [-0.4, -0.2) is 113 Å². The Morgan fingerprint density at radius 3 is 2.64 bits per heavy atom. The van der Waals surface area contributed by atoms with Gasteiger partial charge in [-0.1, -0.05) is 0 Å². The molecule has 14 heteroatoms. The van der Waals surface area contributed by atoms with Gasteiger partial charge in [0.15, 0.2) is 12.0 Å². The molecular formula is C30H32F2N8O4. The van der Waals surface area contributed by atoms with E-state index in [1.807, 2.05) is 4.90 Å². The van der Waals surface area contributed by atoms with Gasteiger partial charge in [-0.25, -0.2) is 18.7 Å². The summed E-state index contributed by atoms with van der Waals surface area (Å²) in [5.74, 6) is -0.211. The molecule has 3 aliphatic heterocycles. The number of carbonyl (C=O) groups is 1. The maximum atomic E-state index is 15.1. The number of halogens is 2. The monoisotopic (exact) mass is 606 g/mol. The first-order chi connectivity index (χ1) is 21.4. The Hall–Kier alpha value is -4.45. The lowest BCUT2D eigenvalue weighted by molar-refractivity contribution is -0.138. The average Bonchev–Trinajstić information content (AvgIpc) is 3.01. The van der Waals surface area contributed by atoms with Gasteiger partial charge in [-0.3, -0.25) is 9.69 Å². The van der Waals surface area contributed by atoms with Crippen LogP contribution in [0.5, 0.6) is 5.75 Å². The van der Waals surface area contributed by atoms with Crippen LogP contribution in [0.2, 0.25) is 0 Å². The molecule has 3 aromatic rings. The summed E-state index contributed by atoms with van der Waals surface area (Å²) in [5, 5.41) is 21.8. The Balaban J connectivity index is 1.10. The molecule has 2 unspecified atom stereocenters. The third-order valence-corrected chi connectivity index (χ3v) is 8.17. The number of piperidine rings is 1. The number of rotatable bonds is 8. The van der Waals surface area contributed by atoms with Crippen LogP contribution in [0.3, 0.4) is 0 Å². The first-order valence-electron chi connectivity index (χ1n) is 14.5. The first-order valence-corrected chi connectivity index (χ1v) is 14.5. The Labute approximate surface area is 252 Å². The molecule has 1 aromatic heterocycles. The first kappa shape index (κ1) is 29.6. The van der Waals surface area contributed by atoms with Crippen LogP contribution in [0.4, 0.5) is 26.1 Å². The van der Waals surface area contributed by atoms with Gasteiger partial charge in [0.05, 0.1) is 37.1 Å². The van der Waals surface area contributed by atoms with Gasteiger partial charge in [-0.05, 0) is 36.4 Å². The fourth-order valence-electron chi connectivity index (χ4n) is 5.59. The second kappa shape index (κ2) is 13.0. The molecule has 3 saturated heterocycles. The van der Waals surface area contributed by atoms with Crippen LogP contribution < -0.4 is 15.0 Å². The molecular weight excluding hydrogens is 574 g/mol. The zero-order valence-electron chi connectivity index (χ0n) is 23.9. The minimum Gasteiger partial charge on any atom is -0.486 e. The number of hydrogen-bond donors (Lipinski definition) is 2. The van der Waals surface area contributed by atoms with Gasteiger partial charge in [0.1, 0.15) is 36.7 Å². The topological polar surface area (TPSA) is 140 Å². The van der Waals surface area contributed by atoms with Gasteiger partial charge < -0.3 is 29.7 Å². The number of ether oxygens (including phenoxy) is 2. The van der Waals surface area contributed by atoms with E-state index in [0.717, 1.165) is 39.4 Å². The molecule has 0 aliphatic carbocycles. The number of benzene rings is 2. The van der Waals surface area contributed by atoms with Crippen molar-refractivity contribution in [1.82, 2.24) is 24.8 Å². The van der Waals surface area contributed by atoms with E-state index in [2.05, 4.69) is 31.2 Å². The number of aliphatic hydroxyl groups is 1. The lowest BCUT2D eigenvalue weighted by Crippen LogP contribution is -2.56. The van der Waals surface area contributed by atoms with Gasteiger partial charge in [0, 0.05) is 50.4 Å². The van der Waals surface area contributed by atoms with Crippen molar-refractivity contribution < 1.29 is 28.2 Å². The van der Waals surface area contributed by atoms with Gasteiger partial charge >= 0.3 is 0 Å². The van der Waals surface area contributed by atoms with E-state index in [9.17, 15) is 14.4 Å². The van der Waals surface area contributed by atoms with Gasteiger partial charge in [0.2, 0.25) is 11.9 Å². The van der Waals surface area contributed by atoms with Crippen molar-refractivity contribution in [3.05, 3.63) is 54.1 Å².